The van der Waals surface area contributed by atoms with E-state index >= 15 is 0 Å². The minimum Gasteiger partial charge on any atom is -0.481 e. The molecule has 5 atom stereocenters. The Morgan fingerprint density at radius 1 is 0.974 bits per heavy atom. The van der Waals surface area contributed by atoms with Crippen LogP contribution in [0.5, 0.6) is 0 Å². The van der Waals surface area contributed by atoms with Gasteiger partial charge in [0, 0.05) is 19.0 Å². The number of carbonyl (C=O) groups is 4. The van der Waals surface area contributed by atoms with Gasteiger partial charge in [0.2, 0.25) is 11.8 Å². The van der Waals surface area contributed by atoms with E-state index in [1.54, 1.807) is 18.9 Å². The van der Waals surface area contributed by atoms with Crippen LogP contribution in [0.2, 0.25) is 0 Å². The number of Topliss-reactive ketones (excluding diaryl/α,β-unsaturated/α-hetero) is 1. The second-order valence-electron chi connectivity index (χ2n) is 13.0. The van der Waals surface area contributed by atoms with Crippen molar-refractivity contribution in [2.75, 3.05) is 13.6 Å². The Labute approximate surface area is 229 Å². The smallest absolute Gasteiger partial charge is 0.307 e. The highest BCUT2D eigenvalue weighted by molar-refractivity contribution is 5.99. The van der Waals surface area contributed by atoms with Crippen LogP contribution in [0.15, 0.2) is 11.6 Å². The first kappa shape index (κ1) is 32.0. The first-order valence-corrected chi connectivity index (χ1v) is 14.4. The molecule has 0 aromatic heterocycles. The molecular formula is C30H51N3O5. The van der Waals surface area contributed by atoms with E-state index in [-0.39, 0.29) is 41.6 Å². The summed E-state index contributed by atoms with van der Waals surface area (Å²) < 4.78 is 0. The zero-order valence-electron chi connectivity index (χ0n) is 25.0. The Morgan fingerprint density at radius 2 is 1.58 bits per heavy atom. The van der Waals surface area contributed by atoms with Crippen molar-refractivity contribution in [1.82, 2.24) is 15.1 Å². The molecule has 1 heterocycles. The van der Waals surface area contributed by atoms with Crippen LogP contribution in [-0.2, 0) is 19.2 Å². The van der Waals surface area contributed by atoms with Gasteiger partial charge in [0.25, 0.3) is 0 Å². The molecule has 0 aromatic rings. The van der Waals surface area contributed by atoms with E-state index in [4.69, 9.17) is 0 Å². The molecule has 2 aliphatic rings. The number of hydrogen-bond acceptors (Lipinski definition) is 5. The van der Waals surface area contributed by atoms with E-state index in [1.807, 2.05) is 40.7 Å². The largest absolute Gasteiger partial charge is 0.481 e. The number of carbonyl (C=O) groups excluding carboxylic acids is 3. The lowest BCUT2D eigenvalue weighted by Gasteiger charge is -2.41. The van der Waals surface area contributed by atoms with Gasteiger partial charge in [-0.1, -0.05) is 53.5 Å². The molecule has 0 aromatic carbocycles. The number of carboxylic acids is 1. The number of nitrogens with zero attached hydrogens (tertiary/aromatic N) is 2. The molecule has 216 valence electrons. The fourth-order valence-corrected chi connectivity index (χ4v) is 6.04. The highest BCUT2D eigenvalue weighted by atomic mass is 16.4. The molecule has 1 saturated carbocycles. The van der Waals surface area contributed by atoms with Crippen molar-refractivity contribution in [1.29, 1.82) is 0 Å². The second kappa shape index (κ2) is 13.2. The lowest BCUT2D eigenvalue weighted by molar-refractivity contribution is -0.145. The number of amides is 2. The number of aliphatic carboxylic acids is 1. The van der Waals surface area contributed by atoms with Gasteiger partial charge in [-0.05, 0) is 69.9 Å². The minimum atomic E-state index is -0.917. The van der Waals surface area contributed by atoms with Crippen LogP contribution < -0.4 is 5.32 Å². The van der Waals surface area contributed by atoms with E-state index < -0.39 is 29.3 Å². The molecule has 2 rings (SSSR count). The summed E-state index contributed by atoms with van der Waals surface area (Å²) in [5.74, 6) is -2.52. The molecular weight excluding hydrogens is 482 g/mol. The average molecular weight is 534 g/mol. The van der Waals surface area contributed by atoms with Crippen LogP contribution in [0.25, 0.3) is 0 Å². The normalized spacial score (nSPS) is 24.8. The predicted molar refractivity (Wildman–Crippen MR) is 149 cm³/mol. The summed E-state index contributed by atoms with van der Waals surface area (Å²) in [6.45, 7) is 16.6. The average Bonchev–Trinajstić information content (AvgIpc) is 3.33. The van der Waals surface area contributed by atoms with Gasteiger partial charge in [0.05, 0.1) is 18.0 Å². The molecule has 8 heteroatoms. The third-order valence-electron chi connectivity index (χ3n) is 8.37. The first-order chi connectivity index (χ1) is 17.6. The number of carboxylic acid groups (broad SMARTS) is 1. The topological polar surface area (TPSA) is 107 Å². The maximum absolute atomic E-state index is 13.9. The molecule has 1 aliphatic heterocycles. The van der Waals surface area contributed by atoms with Crippen LogP contribution >= 0.6 is 0 Å². The Kier molecular flexibility index (Phi) is 11.1. The highest BCUT2D eigenvalue weighted by Crippen LogP contribution is 2.34. The summed E-state index contributed by atoms with van der Waals surface area (Å²) in [6.07, 6.45) is 6.48. The molecule has 0 bridgehead atoms. The molecule has 38 heavy (non-hydrogen) atoms. The summed E-state index contributed by atoms with van der Waals surface area (Å²) in [6, 6.07) is -1.11. The van der Waals surface area contributed by atoms with Crippen molar-refractivity contribution < 1.29 is 24.3 Å². The quantitative estimate of drug-likeness (QED) is 0.406. The monoisotopic (exact) mass is 533 g/mol. The Hall–Kier alpha value is -2.22. The third kappa shape index (κ3) is 7.67. The number of nitrogens with one attached hydrogen (secondary N) is 1. The molecule has 2 amide bonds. The zero-order valence-corrected chi connectivity index (χ0v) is 25.0. The second-order valence-corrected chi connectivity index (χ2v) is 13.0. The summed E-state index contributed by atoms with van der Waals surface area (Å²) >= 11 is 0. The van der Waals surface area contributed by atoms with E-state index in [2.05, 4.69) is 24.1 Å². The number of rotatable bonds is 10. The number of hydrogen-bond donors (Lipinski definition) is 2. The first-order valence-electron chi connectivity index (χ1n) is 14.4. The van der Waals surface area contributed by atoms with E-state index in [9.17, 15) is 24.3 Å². The lowest BCUT2D eigenvalue weighted by atomic mass is 9.84. The Balaban J connectivity index is 2.27. The molecule has 2 fully saturated rings. The van der Waals surface area contributed by atoms with E-state index in [0.29, 0.717) is 18.4 Å². The van der Waals surface area contributed by atoms with Crippen molar-refractivity contribution in [3.63, 3.8) is 0 Å². The number of likely N-dealkylation sites (N-methyl/N-ethyl adjacent to an activating group) is 1. The predicted octanol–water partition coefficient (Wildman–Crippen LogP) is 4.28. The summed E-state index contributed by atoms with van der Waals surface area (Å²) in [7, 11) is 1.73. The van der Waals surface area contributed by atoms with Gasteiger partial charge in [-0.3, -0.25) is 24.1 Å². The summed E-state index contributed by atoms with van der Waals surface area (Å²) in [5.41, 5.74) is -0.0277. The highest BCUT2D eigenvalue weighted by Gasteiger charge is 2.41. The van der Waals surface area contributed by atoms with Gasteiger partial charge >= 0.3 is 5.97 Å². The van der Waals surface area contributed by atoms with Gasteiger partial charge in [0.1, 0.15) is 6.04 Å². The number of ketones is 1. The third-order valence-corrected chi connectivity index (χ3v) is 8.37. The van der Waals surface area contributed by atoms with Crippen molar-refractivity contribution in [2.24, 2.45) is 23.2 Å². The summed E-state index contributed by atoms with van der Waals surface area (Å²) in [5, 5.41) is 12.6. The Morgan fingerprint density at radius 3 is 2.11 bits per heavy atom. The van der Waals surface area contributed by atoms with Gasteiger partial charge in [-0.25, -0.2) is 0 Å². The van der Waals surface area contributed by atoms with Crippen LogP contribution in [-0.4, -0.2) is 76.2 Å². The number of allylic oxidation sites excluding steroid dienone is 1. The molecule has 2 N–H and O–H groups in total. The van der Waals surface area contributed by atoms with E-state index in [1.165, 1.54) is 0 Å². The van der Waals surface area contributed by atoms with Crippen molar-refractivity contribution in [3.8, 4) is 0 Å². The van der Waals surface area contributed by atoms with Gasteiger partial charge < -0.3 is 15.3 Å². The maximum Gasteiger partial charge on any atom is 0.307 e. The molecule has 0 spiro atoms. The van der Waals surface area contributed by atoms with Crippen LogP contribution in [0.4, 0.5) is 0 Å². The standard InChI is InChI=1S/C30H51N3O5/c1-18(2)24(17-20(5)25(34)21-13-12-14-22(21)29(37)38)32(9)28(36)26(30(6,7)8)31-27(35)23-15-10-11-16-33(23)19(3)4/h17-19,21-24,26H,10-16H2,1-9H3,(H,31,35)(H,37,38)/b20-17+/t21?,22?,23?,24?,26-/m1/s1. The van der Waals surface area contributed by atoms with E-state index in [0.717, 1.165) is 32.2 Å². The molecule has 1 saturated heterocycles. The fraction of sp³-hybridized carbons (Fsp3) is 0.800. The lowest BCUT2D eigenvalue weighted by Crippen LogP contribution is -2.60. The van der Waals surface area contributed by atoms with Crippen LogP contribution in [0.3, 0.4) is 0 Å². The molecule has 1 aliphatic carbocycles. The molecule has 0 radical (unpaired) electrons. The van der Waals surface area contributed by atoms with Gasteiger partial charge in [-0.2, -0.15) is 0 Å². The fourth-order valence-electron chi connectivity index (χ4n) is 6.04. The minimum absolute atomic E-state index is 0.0108. The number of likely N-dealkylation sites (tertiary alicyclic amines) is 1. The van der Waals surface area contributed by atoms with Gasteiger partial charge in [-0.15, -0.1) is 0 Å². The molecule has 8 nitrogen and oxygen atoms in total. The maximum atomic E-state index is 13.9. The zero-order chi connectivity index (χ0) is 28.9. The van der Waals surface area contributed by atoms with Crippen LogP contribution in [0.1, 0.15) is 93.9 Å². The molecule has 4 unspecified atom stereocenters. The Bertz CT molecular complexity index is 904. The summed E-state index contributed by atoms with van der Waals surface area (Å²) in [4.78, 5) is 56.1. The number of piperidine rings is 1. The van der Waals surface area contributed by atoms with Crippen molar-refractivity contribution in [2.45, 2.75) is 118 Å². The van der Waals surface area contributed by atoms with Gasteiger partial charge in [0.15, 0.2) is 5.78 Å². The van der Waals surface area contributed by atoms with Crippen molar-refractivity contribution in [3.05, 3.63) is 11.6 Å². The SMILES string of the molecule is C/C(=C\C(C(C)C)N(C)C(=O)[C@@H](NC(=O)C1CCCCN1C(C)C)C(C)(C)C)C(=O)C1CCCC1C(=O)O. The van der Waals surface area contributed by atoms with Crippen LogP contribution in [0, 0.1) is 23.2 Å². The van der Waals surface area contributed by atoms with Crippen molar-refractivity contribution >= 4 is 23.6 Å².